The molecule has 1 saturated heterocycles. The smallest absolute Gasteiger partial charge is 0.156 e. The number of aliphatic imine (C=N–C) groups is 1. The van der Waals surface area contributed by atoms with Crippen LogP contribution in [0.4, 0.5) is 0 Å². The fourth-order valence-electron chi connectivity index (χ4n) is 2.41. The molecule has 0 aromatic carbocycles. The molecule has 1 unspecified atom stereocenters. The Hall–Kier alpha value is -0.220. The van der Waals surface area contributed by atoms with Crippen LogP contribution < -0.4 is 5.32 Å². The van der Waals surface area contributed by atoms with E-state index in [4.69, 9.17) is 4.99 Å². The highest BCUT2D eigenvalue weighted by atomic mass is 32.2. The van der Waals surface area contributed by atoms with Crippen molar-refractivity contribution in [3.8, 4) is 0 Å². The Balaban J connectivity index is 1.89. The Morgan fingerprint density at radius 1 is 1.47 bits per heavy atom. The van der Waals surface area contributed by atoms with Crippen LogP contribution in [0.25, 0.3) is 0 Å². The molecule has 0 amide bonds. The summed E-state index contributed by atoms with van der Waals surface area (Å²) in [6, 6.07) is 0.607. The molecule has 0 radical (unpaired) electrons. The van der Waals surface area contributed by atoms with Crippen LogP contribution in [0.2, 0.25) is 0 Å². The van der Waals surface area contributed by atoms with E-state index in [1.165, 1.54) is 25.0 Å². The highest BCUT2D eigenvalue weighted by Gasteiger charge is 2.39. The molecule has 1 N–H and O–H groups in total. The van der Waals surface area contributed by atoms with Crippen molar-refractivity contribution in [3.05, 3.63) is 0 Å². The Labute approximate surface area is 109 Å². The number of nitrogens with one attached hydrogen (secondary N) is 1. The lowest BCUT2D eigenvalue weighted by Crippen LogP contribution is -2.52. The van der Waals surface area contributed by atoms with Gasteiger partial charge in [0.2, 0.25) is 0 Å². The molecule has 17 heavy (non-hydrogen) atoms. The van der Waals surface area contributed by atoms with Gasteiger partial charge in [0.15, 0.2) is 5.17 Å². The Kier molecular flexibility index (Phi) is 4.03. The minimum atomic E-state index is 0.352. The maximum Gasteiger partial charge on any atom is 0.156 e. The average Bonchev–Trinajstić information content (AvgIpc) is 2.64. The molecular formula is C13H25N3S. The molecule has 2 fully saturated rings. The minimum Gasteiger partial charge on any atom is -0.361 e. The average molecular weight is 255 g/mol. The van der Waals surface area contributed by atoms with Gasteiger partial charge in [-0.05, 0) is 39.3 Å². The molecule has 1 aliphatic carbocycles. The maximum atomic E-state index is 4.80. The lowest BCUT2D eigenvalue weighted by molar-refractivity contribution is 0.0700. The topological polar surface area (TPSA) is 27.6 Å². The van der Waals surface area contributed by atoms with Crippen molar-refractivity contribution in [3.63, 3.8) is 0 Å². The standard InChI is InChI=1S/C13H25N3S/c1-10(2)11-8-17-12(15-11)14-9-13(16(3)4)6-5-7-13/h10-11H,5-9H2,1-4H3,(H,14,15). The summed E-state index contributed by atoms with van der Waals surface area (Å²) in [5.41, 5.74) is 0.352. The number of hydrogen-bond donors (Lipinski definition) is 1. The van der Waals surface area contributed by atoms with Crippen LogP contribution >= 0.6 is 11.8 Å². The molecule has 2 aliphatic rings. The first kappa shape index (κ1) is 13.2. The van der Waals surface area contributed by atoms with Crippen molar-refractivity contribution in [2.45, 2.75) is 44.7 Å². The third-order valence-electron chi connectivity index (χ3n) is 4.26. The van der Waals surface area contributed by atoms with Crippen LogP contribution in [0.15, 0.2) is 4.99 Å². The largest absolute Gasteiger partial charge is 0.361 e. The summed E-state index contributed by atoms with van der Waals surface area (Å²) in [5.74, 6) is 1.87. The molecule has 98 valence electrons. The number of hydrogen-bond acceptors (Lipinski definition) is 3. The van der Waals surface area contributed by atoms with Gasteiger partial charge in [-0.2, -0.15) is 0 Å². The molecule has 1 aliphatic heterocycles. The second-order valence-corrected chi connectivity index (χ2v) is 6.91. The third-order valence-corrected chi connectivity index (χ3v) is 5.31. The maximum absolute atomic E-state index is 4.80. The molecule has 3 nitrogen and oxygen atoms in total. The monoisotopic (exact) mass is 255 g/mol. The van der Waals surface area contributed by atoms with Gasteiger partial charge in [-0.15, -0.1) is 0 Å². The van der Waals surface area contributed by atoms with E-state index in [1.807, 2.05) is 11.8 Å². The third kappa shape index (κ3) is 2.79. The zero-order valence-electron chi connectivity index (χ0n) is 11.5. The van der Waals surface area contributed by atoms with Gasteiger partial charge >= 0.3 is 0 Å². The zero-order valence-corrected chi connectivity index (χ0v) is 12.3. The first-order chi connectivity index (χ1) is 8.03. The first-order valence-corrected chi connectivity index (χ1v) is 7.63. The number of thioether (sulfide) groups is 1. The predicted octanol–water partition coefficient (Wildman–Crippen LogP) is 2.19. The molecule has 0 spiro atoms. The van der Waals surface area contributed by atoms with Crippen molar-refractivity contribution in [2.24, 2.45) is 10.9 Å². The summed E-state index contributed by atoms with van der Waals surface area (Å²) in [5, 5.41) is 4.71. The van der Waals surface area contributed by atoms with Gasteiger partial charge in [0.05, 0.1) is 6.54 Å². The summed E-state index contributed by atoms with van der Waals surface area (Å²) < 4.78 is 0. The van der Waals surface area contributed by atoms with Gasteiger partial charge in [-0.1, -0.05) is 25.6 Å². The molecule has 0 bridgehead atoms. The van der Waals surface area contributed by atoms with Crippen molar-refractivity contribution in [1.82, 2.24) is 10.2 Å². The summed E-state index contributed by atoms with van der Waals surface area (Å²) in [6.45, 7) is 5.50. The quantitative estimate of drug-likeness (QED) is 0.834. The van der Waals surface area contributed by atoms with E-state index in [1.54, 1.807) is 0 Å². The van der Waals surface area contributed by atoms with Crippen LogP contribution in [-0.2, 0) is 0 Å². The van der Waals surface area contributed by atoms with Crippen LogP contribution in [-0.4, -0.2) is 48.0 Å². The fourth-order valence-corrected chi connectivity index (χ4v) is 3.61. The van der Waals surface area contributed by atoms with E-state index in [2.05, 4.69) is 38.2 Å². The van der Waals surface area contributed by atoms with Crippen LogP contribution in [0.5, 0.6) is 0 Å². The molecule has 2 rings (SSSR count). The van der Waals surface area contributed by atoms with Gasteiger partial charge < -0.3 is 10.2 Å². The lowest BCUT2D eigenvalue weighted by atomic mass is 9.76. The van der Waals surface area contributed by atoms with E-state index in [0.717, 1.165) is 11.7 Å². The summed E-state index contributed by atoms with van der Waals surface area (Å²) in [6.07, 6.45) is 3.96. The van der Waals surface area contributed by atoms with Gasteiger partial charge in [-0.3, -0.25) is 4.99 Å². The van der Waals surface area contributed by atoms with Gasteiger partial charge in [0, 0.05) is 17.3 Å². The van der Waals surface area contributed by atoms with Gasteiger partial charge in [0.1, 0.15) is 0 Å². The van der Waals surface area contributed by atoms with E-state index >= 15 is 0 Å². The number of likely N-dealkylation sites (N-methyl/N-ethyl adjacent to an activating group) is 1. The second-order valence-electron chi connectivity index (χ2n) is 5.90. The first-order valence-electron chi connectivity index (χ1n) is 6.65. The van der Waals surface area contributed by atoms with E-state index < -0.39 is 0 Å². The Morgan fingerprint density at radius 3 is 2.59 bits per heavy atom. The van der Waals surface area contributed by atoms with E-state index in [9.17, 15) is 0 Å². The lowest BCUT2D eigenvalue weighted by Gasteiger charge is -2.46. The molecule has 1 saturated carbocycles. The van der Waals surface area contributed by atoms with E-state index in [0.29, 0.717) is 17.5 Å². The summed E-state index contributed by atoms with van der Waals surface area (Å²) >= 11 is 1.89. The van der Waals surface area contributed by atoms with Crippen LogP contribution in [0.3, 0.4) is 0 Å². The highest BCUT2D eigenvalue weighted by Crippen LogP contribution is 2.36. The zero-order chi connectivity index (χ0) is 12.5. The summed E-state index contributed by atoms with van der Waals surface area (Å²) in [4.78, 5) is 7.16. The molecule has 4 heteroatoms. The molecule has 1 heterocycles. The summed E-state index contributed by atoms with van der Waals surface area (Å²) in [7, 11) is 4.37. The van der Waals surface area contributed by atoms with E-state index in [-0.39, 0.29) is 0 Å². The van der Waals surface area contributed by atoms with Crippen molar-refractivity contribution in [1.29, 1.82) is 0 Å². The molecule has 1 atom stereocenters. The second kappa shape index (κ2) is 5.19. The number of amidine groups is 1. The van der Waals surface area contributed by atoms with Crippen molar-refractivity contribution >= 4 is 16.9 Å². The Morgan fingerprint density at radius 2 is 2.18 bits per heavy atom. The predicted molar refractivity (Wildman–Crippen MR) is 76.8 cm³/mol. The fraction of sp³-hybridized carbons (Fsp3) is 0.923. The molecular weight excluding hydrogens is 230 g/mol. The van der Waals surface area contributed by atoms with Gasteiger partial charge in [0.25, 0.3) is 0 Å². The SMILES string of the molecule is CC(C)C1CSC(=NCC2(N(C)C)CCC2)N1. The normalized spacial score (nSPS) is 29.8. The van der Waals surface area contributed by atoms with Crippen molar-refractivity contribution < 1.29 is 0 Å². The Bertz CT molecular complexity index is 295. The van der Waals surface area contributed by atoms with Crippen molar-refractivity contribution in [2.75, 3.05) is 26.4 Å². The molecule has 0 aromatic heterocycles. The van der Waals surface area contributed by atoms with Crippen LogP contribution in [0.1, 0.15) is 33.1 Å². The number of nitrogens with zero attached hydrogens (tertiary/aromatic N) is 2. The highest BCUT2D eigenvalue weighted by molar-refractivity contribution is 8.14. The molecule has 0 aromatic rings. The number of rotatable bonds is 4. The minimum absolute atomic E-state index is 0.352. The van der Waals surface area contributed by atoms with Gasteiger partial charge in [-0.25, -0.2) is 0 Å². The van der Waals surface area contributed by atoms with Crippen LogP contribution in [0, 0.1) is 5.92 Å².